The third kappa shape index (κ3) is 1.83. The SMILES string of the molecule is Cc1ccc2nn(C(C)C)c(CCN)c2c1. The lowest BCUT2D eigenvalue weighted by Crippen LogP contribution is -2.12. The summed E-state index contributed by atoms with van der Waals surface area (Å²) >= 11 is 0. The van der Waals surface area contributed by atoms with Gasteiger partial charge in [-0.1, -0.05) is 11.6 Å². The average Bonchev–Trinajstić information content (AvgIpc) is 2.58. The summed E-state index contributed by atoms with van der Waals surface area (Å²) in [5, 5.41) is 5.88. The van der Waals surface area contributed by atoms with Gasteiger partial charge in [-0.25, -0.2) is 0 Å². The molecule has 0 fully saturated rings. The second-order valence-corrected chi connectivity index (χ2v) is 4.54. The first-order valence-electron chi connectivity index (χ1n) is 5.81. The van der Waals surface area contributed by atoms with Gasteiger partial charge >= 0.3 is 0 Å². The molecule has 0 aliphatic carbocycles. The van der Waals surface area contributed by atoms with E-state index in [1.165, 1.54) is 16.6 Å². The molecule has 0 saturated carbocycles. The summed E-state index contributed by atoms with van der Waals surface area (Å²) in [4.78, 5) is 0. The van der Waals surface area contributed by atoms with Crippen molar-refractivity contribution in [2.24, 2.45) is 5.73 Å². The first-order chi connectivity index (χ1) is 7.63. The summed E-state index contributed by atoms with van der Waals surface area (Å²) in [5.41, 5.74) is 9.28. The number of rotatable bonds is 3. The molecular formula is C13H19N3. The summed E-state index contributed by atoms with van der Waals surface area (Å²) in [6.07, 6.45) is 0.887. The van der Waals surface area contributed by atoms with E-state index in [1.54, 1.807) is 0 Å². The van der Waals surface area contributed by atoms with E-state index in [-0.39, 0.29) is 0 Å². The highest BCUT2D eigenvalue weighted by Gasteiger charge is 2.12. The number of aromatic nitrogens is 2. The van der Waals surface area contributed by atoms with E-state index in [0.717, 1.165) is 11.9 Å². The van der Waals surface area contributed by atoms with Crippen LogP contribution < -0.4 is 5.73 Å². The number of hydrogen-bond acceptors (Lipinski definition) is 2. The van der Waals surface area contributed by atoms with Crippen LogP contribution in [0.3, 0.4) is 0 Å². The Morgan fingerprint density at radius 1 is 1.38 bits per heavy atom. The van der Waals surface area contributed by atoms with Crippen LogP contribution in [0.2, 0.25) is 0 Å². The van der Waals surface area contributed by atoms with Crippen molar-refractivity contribution in [3.05, 3.63) is 29.5 Å². The van der Waals surface area contributed by atoms with E-state index in [4.69, 9.17) is 5.73 Å². The number of fused-ring (bicyclic) bond motifs is 1. The molecule has 1 aromatic heterocycles. The third-order valence-electron chi connectivity index (χ3n) is 2.83. The van der Waals surface area contributed by atoms with Gasteiger partial charge in [0.25, 0.3) is 0 Å². The first-order valence-corrected chi connectivity index (χ1v) is 5.81. The van der Waals surface area contributed by atoms with Crippen molar-refractivity contribution in [2.75, 3.05) is 6.54 Å². The van der Waals surface area contributed by atoms with Gasteiger partial charge in [0.05, 0.1) is 5.52 Å². The fourth-order valence-electron chi connectivity index (χ4n) is 2.08. The average molecular weight is 217 g/mol. The van der Waals surface area contributed by atoms with Crippen molar-refractivity contribution in [1.82, 2.24) is 9.78 Å². The van der Waals surface area contributed by atoms with E-state index in [9.17, 15) is 0 Å². The molecule has 1 heterocycles. The van der Waals surface area contributed by atoms with E-state index < -0.39 is 0 Å². The van der Waals surface area contributed by atoms with Crippen LogP contribution in [0.25, 0.3) is 10.9 Å². The maximum atomic E-state index is 5.68. The quantitative estimate of drug-likeness (QED) is 0.858. The van der Waals surface area contributed by atoms with E-state index in [2.05, 4.69) is 48.8 Å². The zero-order valence-corrected chi connectivity index (χ0v) is 10.2. The van der Waals surface area contributed by atoms with Crippen molar-refractivity contribution >= 4 is 10.9 Å². The number of benzene rings is 1. The third-order valence-corrected chi connectivity index (χ3v) is 2.83. The first kappa shape index (κ1) is 11.1. The van der Waals surface area contributed by atoms with Gasteiger partial charge in [-0.2, -0.15) is 5.10 Å². The van der Waals surface area contributed by atoms with Crippen LogP contribution in [-0.4, -0.2) is 16.3 Å². The van der Waals surface area contributed by atoms with Gasteiger partial charge in [-0.3, -0.25) is 4.68 Å². The molecule has 0 bridgehead atoms. The normalized spacial score (nSPS) is 11.6. The molecule has 0 atom stereocenters. The van der Waals surface area contributed by atoms with Crippen molar-refractivity contribution in [3.8, 4) is 0 Å². The molecule has 2 aromatic rings. The molecular weight excluding hydrogens is 198 g/mol. The molecule has 2 rings (SSSR count). The Kier molecular flexibility index (Phi) is 2.97. The molecule has 16 heavy (non-hydrogen) atoms. The predicted molar refractivity (Wildman–Crippen MR) is 67.6 cm³/mol. The molecule has 0 aliphatic heterocycles. The number of nitrogens with zero attached hydrogens (tertiary/aromatic N) is 2. The zero-order chi connectivity index (χ0) is 11.7. The minimum absolute atomic E-state index is 0.384. The number of nitrogens with two attached hydrogens (primary N) is 1. The molecule has 0 saturated heterocycles. The van der Waals surface area contributed by atoms with Crippen molar-refractivity contribution in [3.63, 3.8) is 0 Å². The molecule has 0 spiro atoms. The maximum absolute atomic E-state index is 5.68. The molecule has 3 heteroatoms. The molecule has 2 N–H and O–H groups in total. The van der Waals surface area contributed by atoms with E-state index in [1.807, 2.05) is 0 Å². The maximum Gasteiger partial charge on any atom is 0.0926 e. The molecule has 0 amide bonds. The molecule has 0 unspecified atom stereocenters. The molecule has 1 aromatic carbocycles. The molecule has 86 valence electrons. The van der Waals surface area contributed by atoms with Gasteiger partial charge in [0.2, 0.25) is 0 Å². The van der Waals surface area contributed by atoms with Crippen LogP contribution in [0.1, 0.15) is 31.1 Å². The minimum atomic E-state index is 0.384. The Hall–Kier alpha value is -1.35. The zero-order valence-electron chi connectivity index (χ0n) is 10.2. The van der Waals surface area contributed by atoms with Gasteiger partial charge < -0.3 is 5.73 Å². The van der Waals surface area contributed by atoms with Gasteiger partial charge in [-0.15, -0.1) is 0 Å². The Morgan fingerprint density at radius 2 is 2.12 bits per heavy atom. The summed E-state index contributed by atoms with van der Waals surface area (Å²) in [6, 6.07) is 6.77. The van der Waals surface area contributed by atoms with Gasteiger partial charge in [0, 0.05) is 23.5 Å². The van der Waals surface area contributed by atoms with Crippen LogP contribution in [0.15, 0.2) is 18.2 Å². The summed E-state index contributed by atoms with van der Waals surface area (Å²) in [5.74, 6) is 0. The monoisotopic (exact) mass is 217 g/mol. The minimum Gasteiger partial charge on any atom is -0.330 e. The molecule has 0 radical (unpaired) electrons. The summed E-state index contributed by atoms with van der Waals surface area (Å²) < 4.78 is 2.09. The van der Waals surface area contributed by atoms with Crippen LogP contribution in [0, 0.1) is 6.92 Å². The standard InChI is InChI=1S/C13H19N3/c1-9(2)16-13(6-7-14)11-8-10(3)4-5-12(11)15-16/h4-5,8-9H,6-7,14H2,1-3H3. The Balaban J connectivity index is 2.67. The van der Waals surface area contributed by atoms with Crippen LogP contribution in [0.5, 0.6) is 0 Å². The summed E-state index contributed by atoms with van der Waals surface area (Å²) in [7, 11) is 0. The highest BCUT2D eigenvalue weighted by atomic mass is 15.3. The van der Waals surface area contributed by atoms with Gasteiger partial charge in [0.1, 0.15) is 0 Å². The number of aryl methyl sites for hydroxylation is 1. The Morgan fingerprint density at radius 3 is 2.75 bits per heavy atom. The van der Waals surface area contributed by atoms with E-state index >= 15 is 0 Å². The molecule has 0 aliphatic rings. The van der Waals surface area contributed by atoms with Crippen LogP contribution in [0.4, 0.5) is 0 Å². The second kappa shape index (κ2) is 4.26. The summed E-state index contributed by atoms with van der Waals surface area (Å²) in [6.45, 7) is 7.08. The van der Waals surface area contributed by atoms with Crippen LogP contribution >= 0.6 is 0 Å². The highest BCUT2D eigenvalue weighted by molar-refractivity contribution is 5.82. The van der Waals surface area contributed by atoms with Crippen LogP contribution in [-0.2, 0) is 6.42 Å². The molecule has 3 nitrogen and oxygen atoms in total. The fourth-order valence-corrected chi connectivity index (χ4v) is 2.08. The lowest BCUT2D eigenvalue weighted by atomic mass is 10.1. The smallest absolute Gasteiger partial charge is 0.0926 e. The largest absolute Gasteiger partial charge is 0.330 e. The predicted octanol–water partition coefficient (Wildman–Crippen LogP) is 2.43. The van der Waals surface area contributed by atoms with E-state index in [0.29, 0.717) is 12.6 Å². The second-order valence-electron chi connectivity index (χ2n) is 4.54. The fraction of sp³-hybridized carbons (Fsp3) is 0.462. The Bertz CT molecular complexity index is 497. The topological polar surface area (TPSA) is 43.8 Å². The van der Waals surface area contributed by atoms with Gasteiger partial charge in [-0.05, 0) is 39.4 Å². The lowest BCUT2D eigenvalue weighted by Gasteiger charge is -2.10. The van der Waals surface area contributed by atoms with Crippen molar-refractivity contribution < 1.29 is 0 Å². The van der Waals surface area contributed by atoms with Gasteiger partial charge in [0.15, 0.2) is 0 Å². The lowest BCUT2D eigenvalue weighted by molar-refractivity contribution is 0.514. The highest BCUT2D eigenvalue weighted by Crippen LogP contribution is 2.22. The van der Waals surface area contributed by atoms with Crippen molar-refractivity contribution in [2.45, 2.75) is 33.2 Å². The van der Waals surface area contributed by atoms with Crippen molar-refractivity contribution in [1.29, 1.82) is 0 Å². The Labute approximate surface area is 96.2 Å². The number of hydrogen-bond donors (Lipinski definition) is 1.